The van der Waals surface area contributed by atoms with Gasteiger partial charge in [0.25, 0.3) is 10.1 Å². The molecule has 0 rings (SSSR count). The van der Waals surface area contributed by atoms with Crippen molar-refractivity contribution >= 4 is 69.8 Å². The average Bonchev–Trinajstić information content (AvgIpc) is 3.10. The zero-order chi connectivity index (χ0) is 40.4. The Labute approximate surface area is 368 Å². The summed E-state index contributed by atoms with van der Waals surface area (Å²) in [6.45, 7) is 4.19. The summed E-state index contributed by atoms with van der Waals surface area (Å²) in [5, 5.41) is 13.8. The Morgan fingerprint density at radius 2 is 0.891 bits per heavy atom. The van der Waals surface area contributed by atoms with E-state index in [4.69, 9.17) is 4.55 Å². The van der Waals surface area contributed by atoms with Crippen molar-refractivity contribution in [3.8, 4) is 0 Å². The molecule has 55 heavy (non-hydrogen) atoms. The molecule has 0 heterocycles. The van der Waals surface area contributed by atoms with Crippen LogP contribution in [0.4, 0.5) is 0 Å². The number of nitrogens with zero attached hydrogens (tertiary/aromatic N) is 1. The van der Waals surface area contributed by atoms with Crippen molar-refractivity contribution < 1.29 is 35.8 Å². The number of hydrogen-bond acceptors (Lipinski definition) is 8. The molecule has 0 spiro atoms. The van der Waals surface area contributed by atoms with E-state index in [1.54, 1.807) is 6.08 Å². The summed E-state index contributed by atoms with van der Waals surface area (Å²) in [4.78, 5) is 14.9. The topological polar surface area (TPSA) is 176 Å². The van der Waals surface area contributed by atoms with E-state index in [1.807, 2.05) is 6.08 Å². The summed E-state index contributed by atoms with van der Waals surface area (Å²) in [6.07, 6.45) is 45.2. The first kappa shape index (κ1) is 58.8. The fraction of sp³-hybridized carbons (Fsp3) is 0.857. The first-order valence-corrected chi connectivity index (χ1v) is 24.8. The summed E-state index contributed by atoms with van der Waals surface area (Å²) in [6, 6.07) is 0. The standard InChI is InChI=1S/2C21H41NO4S.Ca/c2*1-2-3-4-5-6-7-8-9-10-11-12-13-14-15-16-17-18-21(23)22-19-20-27(24,25)26;/h2*17-18H,2-16,19-20H2,1H3,(H,22,23)(H,24,25,26);/q;;+2/p-2/b2*18-17+;. The number of carbonyl (C=O) groups is 1. The number of amides is 1. The second kappa shape index (κ2) is 44.6. The molecule has 10 nitrogen and oxygen atoms in total. The molecule has 2 N–H and O–H groups in total. The van der Waals surface area contributed by atoms with Gasteiger partial charge in [-0.15, -0.1) is 0 Å². The van der Waals surface area contributed by atoms with E-state index < -0.39 is 37.6 Å². The largest absolute Gasteiger partial charge is 2.00 e. The first-order valence-electron chi connectivity index (χ1n) is 21.6. The molecule has 0 aromatic rings. The molecule has 0 saturated heterocycles. The van der Waals surface area contributed by atoms with Gasteiger partial charge in [-0.25, -0.2) is 8.42 Å². The second-order valence-electron chi connectivity index (χ2n) is 14.6. The molecular weight excluding hydrogens is 765 g/mol. The van der Waals surface area contributed by atoms with Gasteiger partial charge in [-0.1, -0.05) is 199 Å². The maximum absolute atomic E-state index is 11.4. The number of allylic oxidation sites excluding steroid dienone is 2. The molecule has 0 bridgehead atoms. The van der Waals surface area contributed by atoms with Crippen LogP contribution in [0.15, 0.2) is 29.3 Å². The van der Waals surface area contributed by atoms with E-state index in [9.17, 15) is 31.3 Å². The minimum atomic E-state index is -4.29. The Bertz CT molecular complexity index is 1150. The third-order valence-electron chi connectivity index (χ3n) is 9.25. The Hall–Kier alpha value is -0.500. The Morgan fingerprint density at radius 1 is 0.564 bits per heavy atom. The Balaban J connectivity index is -0.000000966. The smallest absolute Gasteiger partial charge is 0.859 e. The van der Waals surface area contributed by atoms with Crippen LogP contribution in [-0.4, -0.2) is 100 Å². The van der Waals surface area contributed by atoms with Crippen LogP contribution in [0, 0.1) is 0 Å². The minimum Gasteiger partial charge on any atom is -0.859 e. The average molecular weight is 845 g/mol. The Kier molecular flexibility index (Phi) is 47.7. The van der Waals surface area contributed by atoms with Gasteiger partial charge in [-0.3, -0.25) is 9.35 Å². The van der Waals surface area contributed by atoms with Crippen molar-refractivity contribution in [1.82, 2.24) is 5.32 Å². The van der Waals surface area contributed by atoms with Crippen LogP contribution in [0.2, 0.25) is 0 Å². The first-order chi connectivity index (χ1) is 25.9. The van der Waals surface area contributed by atoms with Crippen LogP contribution in [0.3, 0.4) is 0 Å². The van der Waals surface area contributed by atoms with Crippen LogP contribution in [-0.2, 0) is 25.0 Å². The monoisotopic (exact) mass is 844 g/mol. The van der Waals surface area contributed by atoms with Crippen molar-refractivity contribution in [2.24, 2.45) is 4.99 Å². The number of hydrogen-bond donors (Lipinski definition) is 2. The number of aliphatic imine (C=N–C) groups is 1. The normalized spacial score (nSPS) is 12.2. The van der Waals surface area contributed by atoms with Gasteiger partial charge >= 0.3 is 37.7 Å². The fourth-order valence-electron chi connectivity index (χ4n) is 5.97. The van der Waals surface area contributed by atoms with Crippen LogP contribution >= 0.6 is 0 Å². The molecule has 0 aromatic carbocycles. The van der Waals surface area contributed by atoms with E-state index >= 15 is 0 Å². The van der Waals surface area contributed by atoms with Gasteiger partial charge in [-0.2, -0.15) is 8.42 Å². The molecule has 0 fully saturated rings. The van der Waals surface area contributed by atoms with Crippen molar-refractivity contribution in [3.05, 3.63) is 24.3 Å². The third-order valence-corrected chi connectivity index (χ3v) is 10.6. The molecule has 320 valence electrons. The van der Waals surface area contributed by atoms with Crippen molar-refractivity contribution in [2.75, 3.05) is 24.6 Å². The number of rotatable bonds is 38. The maximum atomic E-state index is 11.4. The van der Waals surface area contributed by atoms with E-state index in [2.05, 4.69) is 24.2 Å². The second-order valence-corrected chi connectivity index (χ2v) is 17.7. The molecule has 1 amide bonds. The zero-order valence-corrected chi connectivity index (χ0v) is 39.0. The summed E-state index contributed by atoms with van der Waals surface area (Å²) < 4.78 is 60.7. The molecular formula is C42H80CaN2O8S2. The summed E-state index contributed by atoms with van der Waals surface area (Å²) >= 11 is 0. The molecule has 0 aliphatic carbocycles. The van der Waals surface area contributed by atoms with Crippen LogP contribution in [0.1, 0.15) is 206 Å². The molecule has 0 aliphatic heterocycles. The van der Waals surface area contributed by atoms with E-state index in [0.717, 1.165) is 25.7 Å². The van der Waals surface area contributed by atoms with E-state index in [1.165, 1.54) is 179 Å². The molecule has 0 atom stereocenters. The van der Waals surface area contributed by atoms with E-state index in [-0.39, 0.29) is 56.7 Å². The van der Waals surface area contributed by atoms with Gasteiger partial charge in [0.1, 0.15) is 0 Å². The minimum absolute atomic E-state index is 0. The molecule has 0 saturated carbocycles. The molecule has 0 aliphatic rings. The van der Waals surface area contributed by atoms with Gasteiger partial charge in [-0.05, 0) is 37.7 Å². The van der Waals surface area contributed by atoms with Crippen LogP contribution < -0.4 is 10.4 Å². The summed E-state index contributed by atoms with van der Waals surface area (Å²) in [5.41, 5.74) is 0. The van der Waals surface area contributed by atoms with E-state index in [0.29, 0.717) is 0 Å². The van der Waals surface area contributed by atoms with Gasteiger partial charge in [0.2, 0.25) is 5.91 Å². The summed E-state index contributed by atoms with van der Waals surface area (Å²) in [7, 11) is -8.30. The molecule has 0 radical (unpaired) electrons. The van der Waals surface area contributed by atoms with Gasteiger partial charge in [0.15, 0.2) is 0 Å². The predicted molar refractivity (Wildman–Crippen MR) is 230 cm³/mol. The van der Waals surface area contributed by atoms with Crippen molar-refractivity contribution in [3.63, 3.8) is 0 Å². The number of unbranched alkanes of at least 4 members (excludes halogenated alkanes) is 28. The van der Waals surface area contributed by atoms with Gasteiger partial charge in [0.05, 0.1) is 28.2 Å². The van der Waals surface area contributed by atoms with Crippen molar-refractivity contribution in [2.45, 2.75) is 206 Å². The van der Waals surface area contributed by atoms with Crippen LogP contribution in [0.5, 0.6) is 0 Å². The van der Waals surface area contributed by atoms with Gasteiger partial charge in [0, 0.05) is 6.54 Å². The quantitative estimate of drug-likeness (QED) is 0.0154. The maximum Gasteiger partial charge on any atom is 2.00 e. The molecule has 0 unspecified atom stereocenters. The molecule has 0 aromatic heterocycles. The summed E-state index contributed by atoms with van der Waals surface area (Å²) in [5.74, 6) is -1.86. The van der Waals surface area contributed by atoms with Crippen LogP contribution in [0.25, 0.3) is 0 Å². The predicted octanol–water partition coefficient (Wildman–Crippen LogP) is 9.76. The SMILES string of the molecule is CCCCCCCCCCCCCCCC/C=C/C(=O)NCCS(=O)(=O)O.CCCCCCCCCCCCCCCC/C=C/C([O-])=NCCS(=O)(=O)[O-].[Ca+2]. The zero-order valence-electron chi connectivity index (χ0n) is 35.1. The Morgan fingerprint density at radius 3 is 1.22 bits per heavy atom. The third kappa shape index (κ3) is 57.9. The number of carbonyl (C=O) groups excluding carboxylic acids is 1. The van der Waals surface area contributed by atoms with Crippen molar-refractivity contribution in [1.29, 1.82) is 0 Å². The molecule has 13 heteroatoms. The number of nitrogens with one attached hydrogen (secondary N) is 1. The van der Waals surface area contributed by atoms with Gasteiger partial charge < -0.3 is 20.0 Å². The fourth-order valence-corrected chi connectivity index (χ4v) is 6.65.